The van der Waals surface area contributed by atoms with Crippen molar-refractivity contribution in [2.45, 2.75) is 36.1 Å². The Kier molecular flexibility index (Phi) is 4.18. The fourth-order valence-electron chi connectivity index (χ4n) is 2.86. The van der Waals surface area contributed by atoms with Gasteiger partial charge in [0.2, 0.25) is 10.0 Å². The number of hydrogen-bond donors (Lipinski definition) is 1. The summed E-state index contributed by atoms with van der Waals surface area (Å²) in [5.74, 6) is 0. The maximum absolute atomic E-state index is 12.8. The van der Waals surface area contributed by atoms with Crippen LogP contribution in [0, 0.1) is 0 Å². The van der Waals surface area contributed by atoms with Crippen LogP contribution in [-0.2, 0) is 26.4 Å². The van der Waals surface area contributed by atoms with Gasteiger partial charge in [0, 0.05) is 18.6 Å². The number of rotatable bonds is 5. The summed E-state index contributed by atoms with van der Waals surface area (Å²) in [5.41, 5.74) is -0.681. The Morgan fingerprint density at radius 3 is 2.61 bits per heavy atom. The molecule has 0 bridgehead atoms. The molecule has 1 aliphatic heterocycles. The third-order valence-electron chi connectivity index (χ3n) is 4.59. The van der Waals surface area contributed by atoms with Crippen molar-refractivity contribution in [3.63, 3.8) is 0 Å². The molecule has 23 heavy (non-hydrogen) atoms. The van der Waals surface area contributed by atoms with Gasteiger partial charge in [0.1, 0.15) is 5.25 Å². The molecule has 128 valence electrons. The number of halogens is 3. The fraction of sp³-hybridized carbons (Fsp3) is 0.600. The van der Waals surface area contributed by atoms with Crippen LogP contribution in [0.25, 0.3) is 0 Å². The Morgan fingerprint density at radius 2 is 2.04 bits per heavy atom. The smallest absolute Gasteiger partial charge is 0.380 e. The van der Waals surface area contributed by atoms with Crippen LogP contribution in [0.5, 0.6) is 0 Å². The summed E-state index contributed by atoms with van der Waals surface area (Å²) < 4.78 is 70.5. The molecule has 4 nitrogen and oxygen atoms in total. The van der Waals surface area contributed by atoms with Gasteiger partial charge in [0.15, 0.2) is 0 Å². The van der Waals surface area contributed by atoms with Gasteiger partial charge in [-0.2, -0.15) is 13.2 Å². The van der Waals surface area contributed by atoms with Crippen molar-refractivity contribution in [1.29, 1.82) is 0 Å². The highest BCUT2D eigenvalue weighted by atomic mass is 32.2. The first-order chi connectivity index (χ1) is 10.7. The predicted octanol–water partition coefficient (Wildman–Crippen LogP) is 2.45. The lowest BCUT2D eigenvalue weighted by Crippen LogP contribution is -2.39. The van der Waals surface area contributed by atoms with Gasteiger partial charge in [0.05, 0.1) is 12.2 Å². The molecule has 1 aromatic rings. The van der Waals surface area contributed by atoms with Gasteiger partial charge < -0.3 is 4.74 Å². The van der Waals surface area contributed by atoms with Crippen LogP contribution in [0.3, 0.4) is 0 Å². The zero-order valence-corrected chi connectivity index (χ0v) is 13.2. The van der Waals surface area contributed by atoms with E-state index in [1.165, 1.54) is 6.07 Å². The molecule has 1 atom stereocenters. The first-order valence-corrected chi connectivity index (χ1v) is 9.02. The van der Waals surface area contributed by atoms with Gasteiger partial charge in [0.25, 0.3) is 0 Å². The highest BCUT2D eigenvalue weighted by molar-refractivity contribution is 7.90. The molecule has 1 unspecified atom stereocenters. The average molecular weight is 349 g/mol. The number of benzene rings is 1. The summed E-state index contributed by atoms with van der Waals surface area (Å²) >= 11 is 0. The summed E-state index contributed by atoms with van der Waals surface area (Å²) in [4.78, 5) is 0. The molecule has 1 heterocycles. The largest absolute Gasteiger partial charge is 0.416 e. The van der Waals surface area contributed by atoms with Gasteiger partial charge in [-0.25, -0.2) is 13.1 Å². The summed E-state index contributed by atoms with van der Waals surface area (Å²) in [5, 5.41) is -0.570. The lowest BCUT2D eigenvalue weighted by Gasteiger charge is -2.19. The summed E-state index contributed by atoms with van der Waals surface area (Å²) in [6.07, 6.45) is -2.59. The second kappa shape index (κ2) is 5.75. The molecule has 2 fully saturated rings. The standard InChI is InChI=1S/C15H18F3NO3S/c16-15(17,18)12-3-1-2-11(8-12)14(5-6-14)10-19-23(20,21)13-4-7-22-9-13/h1-3,8,13,19H,4-7,9-10H2. The van der Waals surface area contributed by atoms with E-state index in [1.54, 1.807) is 6.07 Å². The maximum atomic E-state index is 12.8. The molecule has 0 radical (unpaired) electrons. The lowest BCUT2D eigenvalue weighted by atomic mass is 9.94. The van der Waals surface area contributed by atoms with Crippen molar-refractivity contribution in [2.75, 3.05) is 19.8 Å². The number of ether oxygens (including phenoxy) is 1. The predicted molar refractivity (Wildman–Crippen MR) is 78.5 cm³/mol. The summed E-state index contributed by atoms with van der Waals surface area (Å²) in [6, 6.07) is 5.16. The molecule has 2 aliphatic rings. The third kappa shape index (κ3) is 3.54. The number of hydrogen-bond acceptors (Lipinski definition) is 3. The minimum Gasteiger partial charge on any atom is -0.380 e. The normalized spacial score (nSPS) is 23.9. The zero-order chi connectivity index (χ0) is 16.7. The van der Waals surface area contributed by atoms with E-state index in [9.17, 15) is 21.6 Å². The van der Waals surface area contributed by atoms with Gasteiger partial charge in [-0.05, 0) is 30.9 Å². The third-order valence-corrected chi connectivity index (χ3v) is 6.39. The van der Waals surface area contributed by atoms with Gasteiger partial charge in [-0.3, -0.25) is 0 Å². The second-order valence-electron chi connectivity index (χ2n) is 6.21. The van der Waals surface area contributed by atoms with E-state index in [0.717, 1.165) is 12.1 Å². The monoisotopic (exact) mass is 349 g/mol. The minimum absolute atomic E-state index is 0.132. The average Bonchev–Trinajstić information content (AvgIpc) is 3.07. The quantitative estimate of drug-likeness (QED) is 0.888. The van der Waals surface area contributed by atoms with E-state index < -0.39 is 32.4 Å². The van der Waals surface area contributed by atoms with Gasteiger partial charge in [-0.1, -0.05) is 18.2 Å². The Morgan fingerprint density at radius 1 is 1.30 bits per heavy atom. The number of sulfonamides is 1. The highest BCUT2D eigenvalue weighted by Gasteiger charge is 2.46. The topological polar surface area (TPSA) is 55.4 Å². The van der Waals surface area contributed by atoms with Crippen LogP contribution in [0.4, 0.5) is 13.2 Å². The van der Waals surface area contributed by atoms with Crippen molar-refractivity contribution in [2.24, 2.45) is 0 Å². The van der Waals surface area contributed by atoms with E-state index >= 15 is 0 Å². The fourth-order valence-corrected chi connectivity index (χ4v) is 4.25. The first-order valence-electron chi connectivity index (χ1n) is 7.47. The molecule has 1 aromatic carbocycles. The van der Waals surface area contributed by atoms with Crippen LogP contribution in [-0.4, -0.2) is 33.4 Å². The molecule has 1 saturated heterocycles. The molecule has 1 aliphatic carbocycles. The summed E-state index contributed by atoms with van der Waals surface area (Å²) in [7, 11) is -3.50. The SMILES string of the molecule is O=S(=O)(NCC1(c2cccc(C(F)(F)F)c2)CC1)C1CCOC1. The Balaban J connectivity index is 1.73. The Bertz CT molecular complexity index is 677. The van der Waals surface area contributed by atoms with E-state index in [1.807, 2.05) is 0 Å². The van der Waals surface area contributed by atoms with E-state index in [4.69, 9.17) is 4.74 Å². The highest BCUT2D eigenvalue weighted by Crippen LogP contribution is 2.48. The molecule has 1 saturated carbocycles. The number of alkyl halides is 3. The van der Waals surface area contributed by atoms with Crippen LogP contribution in [0.1, 0.15) is 30.4 Å². The van der Waals surface area contributed by atoms with Crippen LogP contribution < -0.4 is 4.72 Å². The van der Waals surface area contributed by atoms with Crippen molar-refractivity contribution >= 4 is 10.0 Å². The van der Waals surface area contributed by atoms with Crippen molar-refractivity contribution in [3.05, 3.63) is 35.4 Å². The second-order valence-corrected chi connectivity index (χ2v) is 8.26. The van der Waals surface area contributed by atoms with Gasteiger partial charge in [-0.15, -0.1) is 0 Å². The van der Waals surface area contributed by atoms with Crippen molar-refractivity contribution in [3.8, 4) is 0 Å². The van der Waals surface area contributed by atoms with Crippen molar-refractivity contribution < 1.29 is 26.3 Å². The molecule has 0 amide bonds. The number of nitrogens with one attached hydrogen (secondary N) is 1. The van der Waals surface area contributed by atoms with Crippen LogP contribution in [0.15, 0.2) is 24.3 Å². The Hall–Kier alpha value is -1.12. The molecular weight excluding hydrogens is 331 g/mol. The summed E-state index contributed by atoms with van der Waals surface area (Å²) in [6.45, 7) is 0.726. The minimum atomic E-state index is -4.40. The molecule has 3 rings (SSSR count). The maximum Gasteiger partial charge on any atom is 0.416 e. The van der Waals surface area contributed by atoms with Crippen LogP contribution >= 0.6 is 0 Å². The lowest BCUT2D eigenvalue weighted by molar-refractivity contribution is -0.137. The van der Waals surface area contributed by atoms with Crippen molar-refractivity contribution in [1.82, 2.24) is 4.72 Å². The van der Waals surface area contributed by atoms with Gasteiger partial charge >= 0.3 is 6.18 Å². The Labute approximate surface area is 133 Å². The molecular formula is C15H18F3NO3S. The van der Waals surface area contributed by atoms with E-state index in [2.05, 4.69) is 4.72 Å². The van der Waals surface area contributed by atoms with E-state index in [-0.39, 0.29) is 13.2 Å². The van der Waals surface area contributed by atoms with Crippen LogP contribution in [0.2, 0.25) is 0 Å². The molecule has 1 N–H and O–H groups in total. The molecule has 8 heteroatoms. The zero-order valence-electron chi connectivity index (χ0n) is 12.4. The molecule has 0 aromatic heterocycles. The first kappa shape index (κ1) is 16.7. The molecule has 0 spiro atoms. The van der Waals surface area contributed by atoms with E-state index in [0.29, 0.717) is 31.4 Å².